The number of benzene rings is 2. The van der Waals surface area contributed by atoms with Gasteiger partial charge in [-0.3, -0.25) is 9.59 Å². The van der Waals surface area contributed by atoms with Gasteiger partial charge in [-0.2, -0.15) is 0 Å². The van der Waals surface area contributed by atoms with Gasteiger partial charge in [0.2, 0.25) is 5.91 Å². The number of anilines is 1. The molecule has 0 atom stereocenters. The fourth-order valence-electron chi connectivity index (χ4n) is 5.99. The van der Waals surface area contributed by atoms with E-state index in [4.69, 9.17) is 11.6 Å². The third-order valence-electron chi connectivity index (χ3n) is 8.52. The van der Waals surface area contributed by atoms with Crippen LogP contribution in [0.4, 0.5) is 10.5 Å². The maximum atomic E-state index is 12.9. The van der Waals surface area contributed by atoms with E-state index in [1.54, 1.807) is 17.0 Å². The van der Waals surface area contributed by atoms with E-state index in [0.717, 1.165) is 62.0 Å². The molecule has 1 saturated heterocycles. The molecule has 9 heteroatoms. The average Bonchev–Trinajstić information content (AvgIpc) is 3.14. The minimum absolute atomic E-state index is 0.0667. The van der Waals surface area contributed by atoms with Crippen molar-refractivity contribution < 1.29 is 14.4 Å². The van der Waals surface area contributed by atoms with Gasteiger partial charge in [-0.1, -0.05) is 47.5 Å². The number of allylic oxidation sites excluding steroid dienone is 1. The van der Waals surface area contributed by atoms with E-state index in [9.17, 15) is 14.4 Å². The number of hydrogen-bond donors (Lipinski definition) is 2. The molecule has 0 aromatic heterocycles. The Balaban J connectivity index is 1.08. The van der Waals surface area contributed by atoms with Gasteiger partial charge in [0.15, 0.2) is 0 Å². The average molecular weight is 578 g/mol. The quantitative estimate of drug-likeness (QED) is 0.486. The molecule has 0 spiro atoms. The Labute approximate surface area is 247 Å². The van der Waals surface area contributed by atoms with Crippen molar-refractivity contribution in [3.05, 3.63) is 75.8 Å². The van der Waals surface area contributed by atoms with Crippen molar-refractivity contribution in [1.82, 2.24) is 20.0 Å². The summed E-state index contributed by atoms with van der Waals surface area (Å²) in [5, 5.41) is 6.37. The monoisotopic (exact) mass is 577 g/mol. The molecule has 2 aromatic carbocycles. The van der Waals surface area contributed by atoms with E-state index in [1.165, 1.54) is 5.57 Å². The highest BCUT2D eigenvalue weighted by atomic mass is 35.5. The van der Waals surface area contributed by atoms with Crippen LogP contribution in [0.2, 0.25) is 5.02 Å². The smallest absolute Gasteiger partial charge is 0.322 e. The first-order valence-corrected chi connectivity index (χ1v) is 15.1. The van der Waals surface area contributed by atoms with Crippen LogP contribution in [0.15, 0.2) is 54.1 Å². The van der Waals surface area contributed by atoms with Crippen LogP contribution in [-0.4, -0.2) is 84.9 Å². The Bertz CT molecular complexity index is 1300. The van der Waals surface area contributed by atoms with Crippen LogP contribution in [0.25, 0.3) is 0 Å². The van der Waals surface area contributed by atoms with Crippen LogP contribution in [0.5, 0.6) is 0 Å². The molecular weight excluding hydrogens is 538 g/mol. The summed E-state index contributed by atoms with van der Waals surface area (Å²) in [5.41, 5.74) is 4.86. The van der Waals surface area contributed by atoms with Crippen molar-refractivity contribution in [3.63, 3.8) is 0 Å². The predicted molar refractivity (Wildman–Crippen MR) is 162 cm³/mol. The predicted octanol–water partition coefficient (Wildman–Crippen LogP) is 4.74. The highest BCUT2D eigenvalue weighted by Crippen LogP contribution is 2.25. The largest absolute Gasteiger partial charge is 0.343 e. The van der Waals surface area contributed by atoms with E-state index >= 15 is 0 Å². The number of carbonyl (C=O) groups is 3. The van der Waals surface area contributed by atoms with Gasteiger partial charge >= 0.3 is 6.03 Å². The summed E-state index contributed by atoms with van der Waals surface area (Å²) in [4.78, 5) is 44.6. The normalized spacial score (nSPS) is 18.9. The minimum atomic E-state index is -0.311. The molecule has 0 radical (unpaired) electrons. The van der Waals surface area contributed by atoms with Crippen molar-refractivity contribution >= 4 is 35.1 Å². The second-order valence-corrected chi connectivity index (χ2v) is 11.8. The number of halogens is 1. The molecule has 3 aliphatic rings. The van der Waals surface area contributed by atoms with Gasteiger partial charge in [0.05, 0.1) is 6.54 Å². The van der Waals surface area contributed by atoms with Crippen LogP contribution in [0.1, 0.15) is 53.6 Å². The molecule has 3 heterocycles. The molecule has 0 saturated carbocycles. The van der Waals surface area contributed by atoms with Crippen LogP contribution in [0, 0.1) is 0 Å². The lowest BCUT2D eigenvalue weighted by Gasteiger charge is -2.38. The lowest BCUT2D eigenvalue weighted by atomic mass is 9.98. The SMILES string of the molecule is CN1CCCC=C(Cc2ccc(C(=O)NCC(=O)N3CCC(N4CCc5ccccc5NC4=O)CC3)cc2Cl)CC1. The zero-order valence-electron chi connectivity index (χ0n) is 23.8. The number of nitrogens with zero attached hydrogens (tertiary/aromatic N) is 3. The van der Waals surface area contributed by atoms with Crippen molar-refractivity contribution in [2.45, 2.75) is 51.0 Å². The Kier molecular flexibility index (Phi) is 9.62. The summed E-state index contributed by atoms with van der Waals surface area (Å²) in [5.74, 6) is -0.428. The molecule has 2 N–H and O–H groups in total. The molecule has 2 aromatic rings. The number of likely N-dealkylation sites (tertiary alicyclic amines) is 1. The van der Waals surface area contributed by atoms with E-state index in [-0.39, 0.29) is 30.4 Å². The number of nitrogens with one attached hydrogen (secondary N) is 2. The first-order valence-electron chi connectivity index (χ1n) is 14.7. The van der Waals surface area contributed by atoms with Gasteiger partial charge in [-0.25, -0.2) is 4.79 Å². The van der Waals surface area contributed by atoms with Crippen LogP contribution in [0.3, 0.4) is 0 Å². The Morgan fingerprint density at radius 2 is 1.83 bits per heavy atom. The fourth-order valence-corrected chi connectivity index (χ4v) is 6.23. The van der Waals surface area contributed by atoms with Gasteiger partial charge in [0, 0.05) is 48.5 Å². The number of fused-ring (bicyclic) bond motifs is 1. The van der Waals surface area contributed by atoms with Crippen molar-refractivity contribution in [2.24, 2.45) is 0 Å². The molecule has 8 nitrogen and oxygen atoms in total. The molecule has 1 fully saturated rings. The van der Waals surface area contributed by atoms with Crippen molar-refractivity contribution in [3.8, 4) is 0 Å². The number of piperidine rings is 1. The third-order valence-corrected chi connectivity index (χ3v) is 8.88. The lowest BCUT2D eigenvalue weighted by molar-refractivity contribution is -0.131. The van der Waals surface area contributed by atoms with Crippen molar-refractivity contribution in [1.29, 1.82) is 0 Å². The number of carbonyl (C=O) groups excluding carboxylic acids is 3. The highest BCUT2D eigenvalue weighted by molar-refractivity contribution is 6.31. The van der Waals surface area contributed by atoms with E-state index < -0.39 is 0 Å². The van der Waals surface area contributed by atoms with Gasteiger partial charge in [0.1, 0.15) is 0 Å². The van der Waals surface area contributed by atoms with Gasteiger partial charge < -0.3 is 25.3 Å². The molecule has 41 heavy (non-hydrogen) atoms. The molecule has 3 aliphatic heterocycles. The zero-order valence-corrected chi connectivity index (χ0v) is 24.6. The summed E-state index contributed by atoms with van der Waals surface area (Å²) < 4.78 is 0. The Morgan fingerprint density at radius 1 is 1.02 bits per heavy atom. The van der Waals surface area contributed by atoms with Crippen LogP contribution >= 0.6 is 11.6 Å². The molecular formula is C32H40ClN5O3. The highest BCUT2D eigenvalue weighted by Gasteiger charge is 2.31. The number of rotatable bonds is 6. The fraction of sp³-hybridized carbons (Fsp3) is 0.469. The first-order chi connectivity index (χ1) is 19.9. The summed E-state index contributed by atoms with van der Waals surface area (Å²) in [7, 11) is 2.16. The second kappa shape index (κ2) is 13.5. The van der Waals surface area contributed by atoms with Gasteiger partial charge in [0.25, 0.3) is 5.91 Å². The maximum Gasteiger partial charge on any atom is 0.322 e. The first kappa shape index (κ1) is 29.1. The zero-order chi connectivity index (χ0) is 28.8. The Morgan fingerprint density at radius 3 is 2.63 bits per heavy atom. The number of urea groups is 1. The minimum Gasteiger partial charge on any atom is -0.343 e. The maximum absolute atomic E-state index is 12.9. The molecule has 5 rings (SSSR count). The van der Waals surface area contributed by atoms with Crippen molar-refractivity contribution in [2.75, 3.05) is 51.6 Å². The third kappa shape index (κ3) is 7.49. The number of hydrogen-bond acceptors (Lipinski definition) is 4. The van der Waals surface area contributed by atoms with Crippen LogP contribution < -0.4 is 10.6 Å². The standard InChI is InChI=1S/C32H40ClN5O3/c1-36-15-5-4-6-23(11-16-36)20-25-9-10-26(21-28(25)33)31(40)34-22-30(39)37-17-13-27(14-18-37)38-19-12-24-7-2-3-8-29(24)35-32(38)41/h2-3,6-10,21,27H,4-5,11-20,22H2,1H3,(H,34,40)(H,35,41). The van der Waals surface area contributed by atoms with E-state index in [0.29, 0.717) is 43.1 Å². The number of amides is 4. The molecule has 218 valence electrons. The van der Waals surface area contributed by atoms with E-state index in [2.05, 4.69) is 28.7 Å². The summed E-state index contributed by atoms with van der Waals surface area (Å²) in [6, 6.07) is 13.3. The van der Waals surface area contributed by atoms with Crippen LogP contribution in [-0.2, 0) is 17.6 Å². The molecule has 0 aliphatic carbocycles. The second-order valence-electron chi connectivity index (χ2n) is 11.4. The summed E-state index contributed by atoms with van der Waals surface area (Å²) >= 11 is 6.58. The van der Waals surface area contributed by atoms with Gasteiger partial charge in [-0.05, 0) is 87.9 Å². The Hall–Kier alpha value is -3.36. The topological polar surface area (TPSA) is 85.0 Å². The van der Waals surface area contributed by atoms with E-state index in [1.807, 2.05) is 35.2 Å². The summed E-state index contributed by atoms with van der Waals surface area (Å²) in [6.07, 6.45) is 8.62. The van der Waals surface area contributed by atoms with Gasteiger partial charge in [-0.15, -0.1) is 0 Å². The summed E-state index contributed by atoms with van der Waals surface area (Å²) in [6.45, 7) is 3.88. The molecule has 0 unspecified atom stereocenters. The molecule has 0 bridgehead atoms. The molecule has 4 amide bonds. The lowest BCUT2D eigenvalue weighted by Crippen LogP contribution is -2.51. The number of para-hydroxylation sites is 1.